The maximum Gasteiger partial charge on any atom is 0.315 e. The Morgan fingerprint density at radius 1 is 0.969 bits per heavy atom. The van der Waals surface area contributed by atoms with E-state index in [0.717, 1.165) is 42.7 Å². The molecule has 2 aliphatic heterocycles. The number of benzene rings is 2. The molecule has 1 saturated heterocycles. The highest BCUT2D eigenvalue weighted by atomic mass is 16.6. The number of amides is 3. The molecule has 2 N–H and O–H groups in total. The molecule has 2 unspecified atom stereocenters. The molecule has 0 spiro atoms. The minimum Gasteiger partial charge on any atom is -0.486 e. The number of ether oxygens (including phenoxy) is 2. The van der Waals surface area contributed by atoms with Crippen molar-refractivity contribution in [2.45, 2.75) is 44.7 Å². The lowest BCUT2D eigenvalue weighted by molar-refractivity contribution is -0.131. The molecule has 3 amide bonds. The van der Waals surface area contributed by atoms with E-state index in [9.17, 15) is 9.59 Å². The van der Waals surface area contributed by atoms with Crippen molar-refractivity contribution >= 4 is 11.9 Å². The first kappa shape index (κ1) is 22.0. The summed E-state index contributed by atoms with van der Waals surface area (Å²) in [6, 6.07) is 14.7. The Morgan fingerprint density at radius 2 is 1.75 bits per heavy atom. The van der Waals surface area contributed by atoms with Gasteiger partial charge in [0, 0.05) is 19.5 Å². The van der Waals surface area contributed by atoms with Crippen molar-refractivity contribution in [2.24, 2.45) is 0 Å². The van der Waals surface area contributed by atoms with E-state index in [-0.39, 0.29) is 24.0 Å². The van der Waals surface area contributed by atoms with Gasteiger partial charge in [0.2, 0.25) is 5.91 Å². The van der Waals surface area contributed by atoms with Crippen LogP contribution in [0.1, 0.15) is 55.8 Å². The van der Waals surface area contributed by atoms with E-state index in [1.807, 2.05) is 60.4 Å². The smallest absolute Gasteiger partial charge is 0.315 e. The lowest BCUT2D eigenvalue weighted by Crippen LogP contribution is -2.44. The van der Waals surface area contributed by atoms with Crippen LogP contribution in [0.2, 0.25) is 0 Å². The van der Waals surface area contributed by atoms with Crippen molar-refractivity contribution in [1.29, 1.82) is 0 Å². The minimum atomic E-state index is -0.286. The third-order valence-corrected chi connectivity index (χ3v) is 6.00. The summed E-state index contributed by atoms with van der Waals surface area (Å²) in [5.41, 5.74) is 1.91. The maximum absolute atomic E-state index is 12.9. The summed E-state index contributed by atoms with van der Waals surface area (Å²) >= 11 is 0. The molecule has 2 atom stereocenters. The third kappa shape index (κ3) is 5.52. The Bertz CT molecular complexity index is 934. The van der Waals surface area contributed by atoms with Crippen molar-refractivity contribution in [3.63, 3.8) is 0 Å². The first-order valence-electron chi connectivity index (χ1n) is 11.4. The van der Waals surface area contributed by atoms with E-state index in [2.05, 4.69) is 10.6 Å². The zero-order chi connectivity index (χ0) is 22.3. The summed E-state index contributed by atoms with van der Waals surface area (Å²) in [6.07, 6.45) is 3.58. The van der Waals surface area contributed by atoms with E-state index in [0.29, 0.717) is 31.9 Å². The van der Waals surface area contributed by atoms with Gasteiger partial charge in [0.05, 0.1) is 12.1 Å². The fraction of sp³-hybridized carbons (Fsp3) is 0.440. The van der Waals surface area contributed by atoms with Crippen LogP contribution in [0.15, 0.2) is 48.5 Å². The molecule has 2 aromatic carbocycles. The number of urea groups is 1. The largest absolute Gasteiger partial charge is 0.486 e. The number of nitrogens with one attached hydrogen (secondary N) is 2. The van der Waals surface area contributed by atoms with Gasteiger partial charge in [-0.05, 0) is 43.0 Å². The Balaban J connectivity index is 1.43. The minimum absolute atomic E-state index is 0.162. The number of carbonyl (C=O) groups is 2. The van der Waals surface area contributed by atoms with E-state index >= 15 is 0 Å². The standard InChI is InChI=1S/C25H31N3O4/c1-18(20-11-12-22-23(16-20)32-15-14-31-22)26-25(30)27-21(19-8-4-2-5-9-19)17-28-13-7-3-6-10-24(28)29/h2,4-5,8-9,11-12,16,18,21H,3,6-7,10,13-15,17H2,1H3,(H2,26,27,30). The summed E-state index contributed by atoms with van der Waals surface area (Å²) in [7, 11) is 0. The van der Waals surface area contributed by atoms with Crippen molar-refractivity contribution in [3.05, 3.63) is 59.7 Å². The van der Waals surface area contributed by atoms with Crippen LogP contribution in [0.25, 0.3) is 0 Å². The zero-order valence-electron chi connectivity index (χ0n) is 18.5. The molecular weight excluding hydrogens is 406 g/mol. The topological polar surface area (TPSA) is 79.9 Å². The Kier molecular flexibility index (Phi) is 7.14. The molecule has 1 fully saturated rings. The first-order chi connectivity index (χ1) is 15.6. The molecule has 2 aliphatic rings. The fourth-order valence-corrected chi connectivity index (χ4v) is 4.18. The van der Waals surface area contributed by atoms with Crippen LogP contribution in [-0.2, 0) is 4.79 Å². The summed E-state index contributed by atoms with van der Waals surface area (Å²) < 4.78 is 11.2. The second kappa shape index (κ2) is 10.4. The number of fused-ring (bicyclic) bond motifs is 1. The molecule has 2 heterocycles. The predicted octanol–water partition coefficient (Wildman–Crippen LogP) is 3.96. The highest BCUT2D eigenvalue weighted by Gasteiger charge is 2.24. The molecule has 2 aromatic rings. The van der Waals surface area contributed by atoms with Crippen LogP contribution in [-0.4, -0.2) is 43.1 Å². The van der Waals surface area contributed by atoms with Gasteiger partial charge < -0.3 is 25.0 Å². The number of carbonyl (C=O) groups excluding carboxylic acids is 2. The molecule has 0 bridgehead atoms. The second-order valence-corrected chi connectivity index (χ2v) is 8.36. The zero-order valence-corrected chi connectivity index (χ0v) is 18.5. The molecule has 0 saturated carbocycles. The van der Waals surface area contributed by atoms with Crippen LogP contribution in [0.3, 0.4) is 0 Å². The van der Waals surface area contributed by atoms with Crippen molar-refractivity contribution in [2.75, 3.05) is 26.3 Å². The van der Waals surface area contributed by atoms with Gasteiger partial charge in [0.1, 0.15) is 13.2 Å². The van der Waals surface area contributed by atoms with Gasteiger partial charge in [-0.3, -0.25) is 4.79 Å². The SMILES string of the molecule is CC(NC(=O)NC(CN1CCCCCC1=O)c1ccccc1)c1ccc2c(c1)OCCO2. The number of nitrogens with zero attached hydrogens (tertiary/aromatic N) is 1. The fourth-order valence-electron chi connectivity index (χ4n) is 4.18. The lowest BCUT2D eigenvalue weighted by atomic mass is 10.1. The second-order valence-electron chi connectivity index (χ2n) is 8.36. The molecule has 0 radical (unpaired) electrons. The van der Waals surface area contributed by atoms with Crippen LogP contribution < -0.4 is 20.1 Å². The molecule has 0 aromatic heterocycles. The van der Waals surface area contributed by atoms with Crippen molar-refractivity contribution in [1.82, 2.24) is 15.5 Å². The Morgan fingerprint density at radius 3 is 2.56 bits per heavy atom. The average molecular weight is 438 g/mol. The van der Waals surface area contributed by atoms with E-state index < -0.39 is 0 Å². The van der Waals surface area contributed by atoms with Crippen LogP contribution in [0.4, 0.5) is 4.79 Å². The maximum atomic E-state index is 12.9. The first-order valence-corrected chi connectivity index (χ1v) is 11.4. The van der Waals surface area contributed by atoms with Gasteiger partial charge in [0.25, 0.3) is 0 Å². The molecule has 0 aliphatic carbocycles. The van der Waals surface area contributed by atoms with Crippen LogP contribution in [0.5, 0.6) is 11.5 Å². The predicted molar refractivity (Wildman–Crippen MR) is 122 cm³/mol. The van der Waals surface area contributed by atoms with Gasteiger partial charge >= 0.3 is 6.03 Å². The summed E-state index contributed by atoms with van der Waals surface area (Å²) in [5.74, 6) is 1.59. The highest BCUT2D eigenvalue weighted by molar-refractivity contribution is 5.77. The number of rotatable bonds is 6. The van der Waals surface area contributed by atoms with E-state index in [1.165, 1.54) is 0 Å². The molecule has 32 heavy (non-hydrogen) atoms. The van der Waals surface area contributed by atoms with Crippen molar-refractivity contribution < 1.29 is 19.1 Å². The molecule has 7 nitrogen and oxygen atoms in total. The normalized spacial score (nSPS) is 17.8. The van der Waals surface area contributed by atoms with Crippen LogP contribution >= 0.6 is 0 Å². The Hall–Kier alpha value is -3.22. The number of likely N-dealkylation sites (tertiary alicyclic amines) is 1. The quantitative estimate of drug-likeness (QED) is 0.717. The van der Waals surface area contributed by atoms with Gasteiger partial charge in [-0.15, -0.1) is 0 Å². The summed E-state index contributed by atoms with van der Waals surface area (Å²) in [4.78, 5) is 27.3. The molecular formula is C25H31N3O4. The summed E-state index contributed by atoms with van der Waals surface area (Å²) in [5, 5.41) is 6.10. The monoisotopic (exact) mass is 437 g/mol. The molecule has 170 valence electrons. The summed E-state index contributed by atoms with van der Waals surface area (Å²) in [6.45, 7) is 4.20. The van der Waals surface area contributed by atoms with Crippen LogP contribution in [0, 0.1) is 0 Å². The molecule has 7 heteroatoms. The molecule has 4 rings (SSSR count). The number of hydrogen-bond acceptors (Lipinski definition) is 4. The van der Waals surface area contributed by atoms with Crippen molar-refractivity contribution in [3.8, 4) is 11.5 Å². The van der Waals surface area contributed by atoms with E-state index in [1.54, 1.807) is 0 Å². The number of hydrogen-bond donors (Lipinski definition) is 2. The van der Waals surface area contributed by atoms with Gasteiger partial charge in [-0.1, -0.05) is 42.8 Å². The van der Waals surface area contributed by atoms with E-state index in [4.69, 9.17) is 9.47 Å². The highest BCUT2D eigenvalue weighted by Crippen LogP contribution is 2.32. The van der Waals surface area contributed by atoms with Gasteiger partial charge in [-0.25, -0.2) is 4.79 Å². The van der Waals surface area contributed by atoms with Gasteiger partial charge in [0.15, 0.2) is 11.5 Å². The van der Waals surface area contributed by atoms with Gasteiger partial charge in [-0.2, -0.15) is 0 Å². The lowest BCUT2D eigenvalue weighted by Gasteiger charge is -2.28. The average Bonchev–Trinajstić information content (AvgIpc) is 3.02. The third-order valence-electron chi connectivity index (χ3n) is 6.00. The Labute approximate surface area is 189 Å².